The molecule has 4 atom stereocenters. The Morgan fingerprint density at radius 1 is 1.10 bits per heavy atom. The number of Topliss-reactive ketones (excluding diaryl/α,β-unsaturated/α-hetero) is 1. The van der Waals surface area contributed by atoms with Gasteiger partial charge >= 0.3 is 6.09 Å². The minimum atomic E-state index is -1.09. The summed E-state index contributed by atoms with van der Waals surface area (Å²) in [7, 11) is 0. The number of hydrogen-bond acceptors (Lipinski definition) is 9. The molecule has 2 aromatic rings. The van der Waals surface area contributed by atoms with Gasteiger partial charge in [0.05, 0.1) is 24.9 Å². The zero-order chi connectivity index (χ0) is 36.8. The Hall–Kier alpha value is -4.52. The highest BCUT2D eigenvalue weighted by atomic mass is 35.5. The summed E-state index contributed by atoms with van der Waals surface area (Å²) in [6, 6.07) is 9.50. The summed E-state index contributed by atoms with van der Waals surface area (Å²) in [5.41, 5.74) is 0.389. The number of hydrogen-bond donors (Lipinski definition) is 3. The van der Waals surface area contributed by atoms with E-state index >= 15 is 0 Å². The van der Waals surface area contributed by atoms with E-state index in [4.69, 9.17) is 21.2 Å². The first-order chi connectivity index (χ1) is 24.3. The predicted molar refractivity (Wildman–Crippen MR) is 190 cm³/mol. The molecule has 2 aliphatic heterocycles. The van der Waals surface area contributed by atoms with Crippen LogP contribution >= 0.6 is 11.6 Å². The van der Waals surface area contributed by atoms with Gasteiger partial charge in [0, 0.05) is 41.4 Å². The largest absolute Gasteiger partial charge is 0.450 e. The lowest BCUT2D eigenvalue weighted by Crippen LogP contribution is -2.59. The SMILES string of the molecule is CCC[C@H](NC(=O)[C@@H]1C[C@]2(CC(c3cccc(Cl)c3)=NO2)CN1C(=O)[C@@H](NC(=O)OCCCc1ccccn1)C(C)(C)C)C(=O)C(=O)NC1CC1. The monoisotopic (exact) mass is 722 g/mol. The third-order valence-corrected chi connectivity index (χ3v) is 9.48. The van der Waals surface area contributed by atoms with Gasteiger partial charge in [-0.05, 0) is 61.8 Å². The maximum Gasteiger partial charge on any atom is 0.407 e. The molecule has 5 rings (SSSR count). The normalized spacial score (nSPS) is 20.9. The minimum absolute atomic E-state index is 0.0145. The van der Waals surface area contributed by atoms with E-state index < -0.39 is 58.7 Å². The molecule has 1 saturated heterocycles. The third kappa shape index (κ3) is 9.84. The highest BCUT2D eigenvalue weighted by molar-refractivity contribution is 6.38. The van der Waals surface area contributed by atoms with E-state index in [1.165, 1.54) is 4.90 Å². The molecule has 14 heteroatoms. The molecular weight excluding hydrogens is 676 g/mol. The second kappa shape index (κ2) is 16.2. The predicted octanol–water partition coefficient (Wildman–Crippen LogP) is 4.11. The Morgan fingerprint density at radius 2 is 1.88 bits per heavy atom. The number of pyridine rings is 1. The molecule has 1 aromatic carbocycles. The van der Waals surface area contributed by atoms with Crippen LogP contribution in [0.5, 0.6) is 0 Å². The van der Waals surface area contributed by atoms with E-state index in [9.17, 15) is 24.0 Å². The molecule has 2 fully saturated rings. The highest BCUT2D eigenvalue weighted by Crippen LogP contribution is 2.40. The molecule has 0 radical (unpaired) electrons. The Kier molecular flexibility index (Phi) is 12.0. The number of rotatable bonds is 14. The second-order valence-electron chi connectivity index (χ2n) is 14.7. The first-order valence-corrected chi connectivity index (χ1v) is 18.0. The maximum absolute atomic E-state index is 14.5. The molecule has 3 aliphatic rings. The molecule has 1 saturated carbocycles. The van der Waals surface area contributed by atoms with Gasteiger partial charge in [-0.25, -0.2) is 4.79 Å². The molecule has 51 heavy (non-hydrogen) atoms. The van der Waals surface area contributed by atoms with Crippen molar-refractivity contribution in [2.75, 3.05) is 13.2 Å². The van der Waals surface area contributed by atoms with Crippen molar-refractivity contribution in [3.05, 3.63) is 64.9 Å². The molecule has 13 nitrogen and oxygen atoms in total. The van der Waals surface area contributed by atoms with Crippen LogP contribution in [0.1, 0.15) is 83.9 Å². The molecule has 1 aromatic heterocycles. The van der Waals surface area contributed by atoms with Crippen LogP contribution in [0.2, 0.25) is 5.02 Å². The van der Waals surface area contributed by atoms with E-state index in [2.05, 4.69) is 26.1 Å². The number of amides is 4. The van der Waals surface area contributed by atoms with Crippen molar-refractivity contribution < 1.29 is 33.5 Å². The quantitative estimate of drug-likeness (QED) is 0.194. The fraction of sp³-hybridized carbons (Fsp3) is 0.541. The average Bonchev–Trinajstić information content (AvgIpc) is 3.69. The number of carbonyl (C=O) groups excluding carboxylic acids is 5. The van der Waals surface area contributed by atoms with Crippen LogP contribution < -0.4 is 16.0 Å². The topological polar surface area (TPSA) is 168 Å². The number of benzene rings is 1. The number of aryl methyl sites for hydroxylation is 1. The van der Waals surface area contributed by atoms with Gasteiger partial charge in [-0.1, -0.05) is 69.1 Å². The van der Waals surface area contributed by atoms with Gasteiger partial charge in [0.25, 0.3) is 5.91 Å². The number of nitrogens with zero attached hydrogens (tertiary/aromatic N) is 3. The Labute approximate surface area is 303 Å². The van der Waals surface area contributed by atoms with Crippen molar-refractivity contribution in [1.29, 1.82) is 0 Å². The van der Waals surface area contributed by atoms with E-state index in [1.54, 1.807) is 45.2 Å². The van der Waals surface area contributed by atoms with E-state index in [1.807, 2.05) is 31.2 Å². The van der Waals surface area contributed by atoms with Crippen molar-refractivity contribution in [3.63, 3.8) is 0 Å². The van der Waals surface area contributed by atoms with Crippen molar-refractivity contribution in [2.45, 2.75) is 109 Å². The molecule has 0 unspecified atom stereocenters. The van der Waals surface area contributed by atoms with Gasteiger partial charge in [-0.15, -0.1) is 0 Å². The van der Waals surface area contributed by atoms with Crippen LogP contribution in [0, 0.1) is 5.41 Å². The lowest BCUT2D eigenvalue weighted by Gasteiger charge is -2.35. The van der Waals surface area contributed by atoms with Crippen molar-refractivity contribution in [3.8, 4) is 0 Å². The number of halogens is 1. The summed E-state index contributed by atoms with van der Waals surface area (Å²) in [6.45, 7) is 7.36. The zero-order valence-corrected chi connectivity index (χ0v) is 30.3. The summed E-state index contributed by atoms with van der Waals surface area (Å²) in [5, 5.41) is 13.1. The first-order valence-electron chi connectivity index (χ1n) is 17.6. The molecular formula is C37H47ClN6O7. The minimum Gasteiger partial charge on any atom is -0.450 e. The van der Waals surface area contributed by atoms with Crippen LogP contribution in [0.4, 0.5) is 4.79 Å². The molecule has 1 aliphatic carbocycles. The average molecular weight is 723 g/mol. The lowest BCUT2D eigenvalue weighted by atomic mass is 9.85. The van der Waals surface area contributed by atoms with Crippen molar-refractivity contribution in [2.24, 2.45) is 10.6 Å². The molecule has 3 heterocycles. The number of aromatic nitrogens is 1. The van der Waals surface area contributed by atoms with Gasteiger partial charge < -0.3 is 30.4 Å². The van der Waals surface area contributed by atoms with Gasteiger partial charge in [0.1, 0.15) is 12.1 Å². The fourth-order valence-electron chi connectivity index (χ4n) is 6.36. The standard InChI is InChI=1S/C37H47ClN6O7/c1-5-10-27(30(45)33(47)40-26-15-16-26)41-32(46)29-21-37(20-28(43-51-37)23-11-8-12-24(38)19-23)22-44(29)34(48)31(36(2,3)4)42-35(49)50-18-9-14-25-13-6-7-17-39-25/h6-8,11-13,17,19,26-27,29,31H,5,9-10,14-16,18,20-22H2,1-4H3,(H,40,47)(H,41,46)(H,42,49)/t27-,29-,31+,37+/m0/s1. The molecule has 3 N–H and O–H groups in total. The van der Waals surface area contributed by atoms with E-state index in [0.717, 1.165) is 24.1 Å². The van der Waals surface area contributed by atoms with Crippen LogP contribution in [0.25, 0.3) is 0 Å². The van der Waals surface area contributed by atoms with Gasteiger partial charge in [-0.2, -0.15) is 0 Å². The zero-order valence-electron chi connectivity index (χ0n) is 29.6. The fourth-order valence-corrected chi connectivity index (χ4v) is 6.55. The summed E-state index contributed by atoms with van der Waals surface area (Å²) >= 11 is 6.24. The number of ketones is 1. The molecule has 274 valence electrons. The number of alkyl carbamates (subject to hydrolysis) is 1. The smallest absolute Gasteiger partial charge is 0.407 e. The Morgan fingerprint density at radius 3 is 2.55 bits per heavy atom. The van der Waals surface area contributed by atoms with Crippen LogP contribution in [0.3, 0.4) is 0 Å². The molecule has 0 bridgehead atoms. The van der Waals surface area contributed by atoms with Gasteiger partial charge in [0.2, 0.25) is 17.6 Å². The number of carbonyl (C=O) groups is 5. The molecule has 4 amide bonds. The highest BCUT2D eigenvalue weighted by Gasteiger charge is 2.55. The van der Waals surface area contributed by atoms with E-state index in [-0.39, 0.29) is 38.5 Å². The second-order valence-corrected chi connectivity index (χ2v) is 15.1. The number of nitrogens with one attached hydrogen (secondary N) is 3. The number of oxime groups is 1. The third-order valence-electron chi connectivity index (χ3n) is 9.24. The summed E-state index contributed by atoms with van der Waals surface area (Å²) in [5.74, 6) is -2.59. The Balaban J connectivity index is 1.33. The van der Waals surface area contributed by atoms with Crippen molar-refractivity contribution in [1.82, 2.24) is 25.8 Å². The maximum atomic E-state index is 14.5. The Bertz CT molecular complexity index is 1640. The summed E-state index contributed by atoms with van der Waals surface area (Å²) in [6.07, 6.45) is 4.84. The summed E-state index contributed by atoms with van der Waals surface area (Å²) < 4.78 is 5.45. The van der Waals surface area contributed by atoms with E-state index in [0.29, 0.717) is 30.0 Å². The lowest BCUT2D eigenvalue weighted by molar-refractivity contribution is -0.144. The van der Waals surface area contributed by atoms with Gasteiger partial charge in [0.15, 0.2) is 5.60 Å². The number of ether oxygens (including phenoxy) is 1. The van der Waals surface area contributed by atoms with Crippen LogP contribution in [0.15, 0.2) is 53.8 Å². The number of likely N-dealkylation sites (tertiary alicyclic amines) is 1. The first kappa shape index (κ1) is 37.7. The van der Waals surface area contributed by atoms with Crippen LogP contribution in [-0.4, -0.2) is 88.1 Å². The van der Waals surface area contributed by atoms with Crippen LogP contribution in [-0.2, 0) is 35.2 Å². The molecule has 1 spiro atoms. The van der Waals surface area contributed by atoms with Crippen molar-refractivity contribution >= 4 is 46.9 Å². The summed E-state index contributed by atoms with van der Waals surface area (Å²) in [4.78, 5) is 79.2. The van der Waals surface area contributed by atoms with Gasteiger partial charge in [-0.3, -0.25) is 24.2 Å².